The fourth-order valence-electron chi connectivity index (χ4n) is 1.85. The lowest BCUT2D eigenvalue weighted by Gasteiger charge is -2.10. The van der Waals surface area contributed by atoms with Crippen molar-refractivity contribution in [1.29, 1.82) is 0 Å². The number of halogens is 1. The van der Waals surface area contributed by atoms with Crippen molar-refractivity contribution in [3.63, 3.8) is 0 Å². The summed E-state index contributed by atoms with van der Waals surface area (Å²) in [5, 5.41) is 3.12. The summed E-state index contributed by atoms with van der Waals surface area (Å²) in [7, 11) is -2.28. The van der Waals surface area contributed by atoms with E-state index in [0.717, 1.165) is 13.0 Å². The van der Waals surface area contributed by atoms with Gasteiger partial charge in [-0.05, 0) is 43.7 Å². The molecule has 1 aromatic rings. The third-order valence-electron chi connectivity index (χ3n) is 2.91. The Bertz CT molecular complexity index is 591. The van der Waals surface area contributed by atoms with Gasteiger partial charge in [-0.25, -0.2) is 17.9 Å². The predicted octanol–water partition coefficient (Wildman–Crippen LogP) is 1.48. The molecule has 0 radical (unpaired) electrons. The standard InChI is InChI=1S/C14H22N2O4S.ClH/c1-4-7-15-8-9-16-21(18,19)13-6-5-12(10-11(13)2)14(17)20-3;/h5-6,10,15-16H,4,7-9H2,1-3H3;1H. The minimum atomic E-state index is -3.57. The van der Waals surface area contributed by atoms with Gasteiger partial charge in [0.1, 0.15) is 0 Å². The van der Waals surface area contributed by atoms with Gasteiger partial charge in [0, 0.05) is 13.1 Å². The number of benzene rings is 1. The number of esters is 1. The molecule has 6 nitrogen and oxygen atoms in total. The SMILES string of the molecule is CCCNCCNS(=O)(=O)c1ccc(C(=O)OC)cc1C.Cl. The maximum atomic E-state index is 12.2. The highest BCUT2D eigenvalue weighted by Crippen LogP contribution is 2.17. The van der Waals surface area contributed by atoms with Gasteiger partial charge >= 0.3 is 5.97 Å². The van der Waals surface area contributed by atoms with Crippen LogP contribution in [0, 0.1) is 6.92 Å². The van der Waals surface area contributed by atoms with E-state index in [2.05, 4.69) is 14.8 Å². The Morgan fingerprint density at radius 1 is 1.23 bits per heavy atom. The molecule has 0 aliphatic heterocycles. The molecule has 0 spiro atoms. The molecule has 0 bridgehead atoms. The number of rotatable bonds is 8. The summed E-state index contributed by atoms with van der Waals surface area (Å²) in [6.45, 7) is 5.45. The molecule has 126 valence electrons. The number of carbonyl (C=O) groups is 1. The van der Waals surface area contributed by atoms with Crippen LogP contribution in [0.2, 0.25) is 0 Å². The summed E-state index contributed by atoms with van der Waals surface area (Å²) >= 11 is 0. The van der Waals surface area contributed by atoms with E-state index in [9.17, 15) is 13.2 Å². The first-order chi connectivity index (χ1) is 9.92. The number of aryl methyl sites for hydroxylation is 1. The molecule has 0 saturated carbocycles. The number of ether oxygens (including phenoxy) is 1. The van der Waals surface area contributed by atoms with E-state index in [0.29, 0.717) is 24.2 Å². The zero-order valence-corrected chi connectivity index (χ0v) is 14.6. The first-order valence-electron chi connectivity index (χ1n) is 6.81. The summed E-state index contributed by atoms with van der Waals surface area (Å²) in [5.74, 6) is -0.487. The Morgan fingerprint density at radius 2 is 1.91 bits per heavy atom. The zero-order valence-electron chi connectivity index (χ0n) is 13.0. The molecular formula is C14H23ClN2O4S. The maximum Gasteiger partial charge on any atom is 0.337 e. The molecule has 22 heavy (non-hydrogen) atoms. The number of methoxy groups -OCH3 is 1. The highest BCUT2D eigenvalue weighted by molar-refractivity contribution is 7.89. The molecule has 0 atom stereocenters. The van der Waals surface area contributed by atoms with Gasteiger partial charge in [-0.3, -0.25) is 0 Å². The third kappa shape index (κ3) is 5.92. The van der Waals surface area contributed by atoms with Gasteiger partial charge in [-0.15, -0.1) is 12.4 Å². The van der Waals surface area contributed by atoms with Gasteiger partial charge in [0.25, 0.3) is 0 Å². The van der Waals surface area contributed by atoms with Crippen LogP contribution in [0.5, 0.6) is 0 Å². The van der Waals surface area contributed by atoms with Crippen molar-refractivity contribution < 1.29 is 17.9 Å². The van der Waals surface area contributed by atoms with Gasteiger partial charge < -0.3 is 10.1 Å². The summed E-state index contributed by atoms with van der Waals surface area (Å²) in [5.41, 5.74) is 0.838. The number of sulfonamides is 1. The van der Waals surface area contributed by atoms with Gasteiger partial charge in [-0.1, -0.05) is 6.92 Å². The summed E-state index contributed by atoms with van der Waals surface area (Å²) in [6.07, 6.45) is 1.00. The molecule has 0 aliphatic rings. The minimum Gasteiger partial charge on any atom is -0.465 e. The predicted molar refractivity (Wildman–Crippen MR) is 88.1 cm³/mol. The Kier molecular flexibility index (Phi) is 9.27. The fourth-order valence-corrected chi connectivity index (χ4v) is 3.11. The molecule has 1 aromatic carbocycles. The lowest BCUT2D eigenvalue weighted by Crippen LogP contribution is -2.32. The van der Waals surface area contributed by atoms with Crippen molar-refractivity contribution in [1.82, 2.24) is 10.0 Å². The van der Waals surface area contributed by atoms with Crippen LogP contribution in [0.1, 0.15) is 29.3 Å². The summed E-state index contributed by atoms with van der Waals surface area (Å²) in [6, 6.07) is 4.38. The quantitative estimate of drug-likeness (QED) is 0.548. The van der Waals surface area contributed by atoms with Gasteiger partial charge in [0.15, 0.2) is 0 Å². The third-order valence-corrected chi connectivity index (χ3v) is 4.53. The molecule has 0 fully saturated rings. The minimum absolute atomic E-state index is 0. The molecule has 0 aromatic heterocycles. The van der Waals surface area contributed by atoms with E-state index in [1.807, 2.05) is 6.92 Å². The second-order valence-electron chi connectivity index (χ2n) is 4.62. The van der Waals surface area contributed by atoms with Crippen LogP contribution in [0.15, 0.2) is 23.1 Å². The Morgan fingerprint density at radius 3 is 2.45 bits per heavy atom. The van der Waals surface area contributed by atoms with Crippen molar-refractivity contribution in [2.45, 2.75) is 25.2 Å². The van der Waals surface area contributed by atoms with E-state index >= 15 is 0 Å². The lowest BCUT2D eigenvalue weighted by atomic mass is 10.1. The van der Waals surface area contributed by atoms with Crippen molar-refractivity contribution in [3.05, 3.63) is 29.3 Å². The summed E-state index contributed by atoms with van der Waals surface area (Å²) < 4.78 is 31.5. The van der Waals surface area contributed by atoms with Gasteiger partial charge in [0.2, 0.25) is 10.0 Å². The van der Waals surface area contributed by atoms with E-state index in [1.54, 1.807) is 6.92 Å². The number of hydrogen-bond acceptors (Lipinski definition) is 5. The molecule has 0 amide bonds. The Balaban J connectivity index is 0.00000441. The highest BCUT2D eigenvalue weighted by Gasteiger charge is 2.17. The van der Waals surface area contributed by atoms with Gasteiger partial charge in [0.05, 0.1) is 17.6 Å². The van der Waals surface area contributed by atoms with Crippen LogP contribution >= 0.6 is 12.4 Å². The zero-order chi connectivity index (χ0) is 15.9. The van der Waals surface area contributed by atoms with E-state index in [4.69, 9.17) is 0 Å². The normalized spacial score (nSPS) is 10.9. The number of carbonyl (C=O) groups excluding carboxylic acids is 1. The average molecular weight is 351 g/mol. The Labute approximate surface area is 138 Å². The monoisotopic (exact) mass is 350 g/mol. The molecule has 0 heterocycles. The van der Waals surface area contributed by atoms with Crippen molar-refractivity contribution >= 4 is 28.4 Å². The largest absolute Gasteiger partial charge is 0.465 e. The van der Waals surface area contributed by atoms with Crippen LogP contribution in [0.25, 0.3) is 0 Å². The second kappa shape index (κ2) is 9.78. The molecule has 0 saturated heterocycles. The van der Waals surface area contributed by atoms with Crippen LogP contribution in [-0.4, -0.2) is 41.1 Å². The van der Waals surface area contributed by atoms with Crippen LogP contribution in [0.4, 0.5) is 0 Å². The lowest BCUT2D eigenvalue weighted by molar-refractivity contribution is 0.0600. The molecule has 2 N–H and O–H groups in total. The smallest absolute Gasteiger partial charge is 0.337 e. The first-order valence-corrected chi connectivity index (χ1v) is 8.30. The molecule has 8 heteroatoms. The topological polar surface area (TPSA) is 84.5 Å². The van der Waals surface area contributed by atoms with E-state index in [1.165, 1.54) is 25.3 Å². The Hall–Kier alpha value is -1.15. The first kappa shape index (κ1) is 20.9. The van der Waals surface area contributed by atoms with Crippen LogP contribution < -0.4 is 10.0 Å². The van der Waals surface area contributed by atoms with Crippen LogP contribution in [0.3, 0.4) is 0 Å². The molecule has 0 aliphatic carbocycles. The number of hydrogen-bond donors (Lipinski definition) is 2. The summed E-state index contributed by atoms with van der Waals surface area (Å²) in [4.78, 5) is 11.6. The van der Waals surface area contributed by atoms with Crippen molar-refractivity contribution in [2.75, 3.05) is 26.7 Å². The van der Waals surface area contributed by atoms with E-state index in [-0.39, 0.29) is 17.3 Å². The molecule has 1 rings (SSSR count). The van der Waals surface area contributed by atoms with Gasteiger partial charge in [-0.2, -0.15) is 0 Å². The van der Waals surface area contributed by atoms with Crippen molar-refractivity contribution in [3.8, 4) is 0 Å². The van der Waals surface area contributed by atoms with Crippen molar-refractivity contribution in [2.24, 2.45) is 0 Å². The highest BCUT2D eigenvalue weighted by atomic mass is 35.5. The van der Waals surface area contributed by atoms with Crippen LogP contribution in [-0.2, 0) is 14.8 Å². The second-order valence-corrected chi connectivity index (χ2v) is 6.36. The number of nitrogens with one attached hydrogen (secondary N) is 2. The maximum absolute atomic E-state index is 12.2. The van der Waals surface area contributed by atoms with E-state index < -0.39 is 16.0 Å². The average Bonchev–Trinajstić information content (AvgIpc) is 2.45. The molecular weight excluding hydrogens is 328 g/mol. The fraction of sp³-hybridized carbons (Fsp3) is 0.500. The molecule has 0 unspecified atom stereocenters.